The molecule has 0 heterocycles. The lowest BCUT2D eigenvalue weighted by atomic mass is 10.5. The first-order chi connectivity index (χ1) is 23.3. The maximum absolute atomic E-state index is 5.63. The summed E-state index contributed by atoms with van der Waals surface area (Å²) in [5, 5.41) is 6.45. The highest BCUT2D eigenvalue weighted by Crippen LogP contribution is 2.16. The highest BCUT2D eigenvalue weighted by Gasteiger charge is 2.36. The average molecular weight is 783 g/mol. The minimum atomic E-state index is -2.35. The lowest BCUT2D eigenvalue weighted by Crippen LogP contribution is -2.43. The SMILES string of the molecule is CCO[Si](C)(CCCN)OCC.CO[Si](C)(CCCN)OC.CO[Si](C)(CCCNCCN)OC.CO[Si](CCCNCCN)(OC)OC. The van der Waals surface area contributed by atoms with Crippen LogP contribution in [0.4, 0.5) is 0 Å². The molecular weight excluding hydrogens is 701 g/mol. The van der Waals surface area contributed by atoms with Crippen molar-refractivity contribution in [1.29, 1.82) is 0 Å². The fraction of sp³-hybridized carbons (Fsp3) is 1.00. The highest BCUT2D eigenvalue weighted by molar-refractivity contribution is 6.66. The molecule has 0 atom stereocenters. The number of nitrogens with one attached hydrogen (secondary N) is 2. The van der Waals surface area contributed by atoms with Gasteiger partial charge in [-0.2, -0.15) is 0 Å². The summed E-state index contributed by atoms with van der Waals surface area (Å²) >= 11 is 0. The second-order valence-electron chi connectivity index (χ2n) is 11.4. The van der Waals surface area contributed by atoms with E-state index in [4.69, 9.17) is 62.8 Å². The standard InChI is InChI=1S/C8H22N2O3Si.C8H22N2O2Si.C8H21NO2Si.C6H17NO2Si/c1-11-14(12-2,13-3)8-4-6-10-7-5-9;1-11-13(3,12-2)8-4-6-10-7-5-9;1-4-10-12(3,11-5-2)8-6-7-9;1-8-10(3,9-2)6-4-5-7/h10H,4-9H2,1-3H3;10H,4-9H2,1-3H3;4-9H2,1-3H3;4-7H2,1-3H3. The quantitative estimate of drug-likeness (QED) is 0.0475. The predicted molar refractivity (Wildman–Crippen MR) is 213 cm³/mol. The molecule has 0 aliphatic rings. The maximum atomic E-state index is 5.63. The van der Waals surface area contributed by atoms with Gasteiger partial charge in [-0.1, -0.05) is 0 Å². The summed E-state index contributed by atoms with van der Waals surface area (Å²) in [6.45, 7) is 18.2. The first kappa shape index (κ1) is 56.0. The molecule has 0 aromatic rings. The molecule has 0 unspecified atom stereocenters. The zero-order valence-corrected chi connectivity index (χ0v) is 37.7. The molecule has 0 saturated heterocycles. The fourth-order valence-corrected chi connectivity index (χ4v) is 11.2. The Hall–Kier alpha value is 0.268. The minimum Gasteiger partial charge on any atom is -0.398 e. The van der Waals surface area contributed by atoms with Crippen LogP contribution in [0.2, 0.25) is 43.8 Å². The van der Waals surface area contributed by atoms with Crippen LogP contribution in [0, 0.1) is 0 Å². The predicted octanol–water partition coefficient (Wildman–Crippen LogP) is 2.27. The Morgan fingerprint density at radius 3 is 1.02 bits per heavy atom. The molecule has 0 aromatic heterocycles. The molecule has 302 valence electrons. The molecule has 0 aromatic carbocycles. The average Bonchev–Trinajstić information content (AvgIpc) is 3.12. The number of nitrogens with two attached hydrogens (primary N) is 4. The van der Waals surface area contributed by atoms with Gasteiger partial charge >= 0.3 is 34.5 Å². The van der Waals surface area contributed by atoms with Gasteiger partial charge in [0.15, 0.2) is 0 Å². The van der Waals surface area contributed by atoms with Crippen molar-refractivity contribution < 1.29 is 39.8 Å². The van der Waals surface area contributed by atoms with Gasteiger partial charge in [-0.05, 0) is 103 Å². The molecular formula is C30H82N6O9Si4. The molecule has 10 N–H and O–H groups in total. The summed E-state index contributed by atoms with van der Waals surface area (Å²) in [7, 11) is 3.92. The van der Waals surface area contributed by atoms with Gasteiger partial charge in [0.1, 0.15) is 0 Å². The Morgan fingerprint density at radius 2 is 0.735 bits per heavy atom. The van der Waals surface area contributed by atoms with Crippen molar-refractivity contribution in [1.82, 2.24) is 10.6 Å². The highest BCUT2D eigenvalue weighted by atomic mass is 28.4. The van der Waals surface area contributed by atoms with E-state index in [0.29, 0.717) is 13.1 Å². The number of hydrogen-bond acceptors (Lipinski definition) is 15. The summed E-state index contributed by atoms with van der Waals surface area (Å²) in [6, 6.07) is 3.84. The monoisotopic (exact) mass is 783 g/mol. The van der Waals surface area contributed by atoms with Crippen molar-refractivity contribution in [3.63, 3.8) is 0 Å². The van der Waals surface area contributed by atoms with Gasteiger partial charge in [-0.3, -0.25) is 0 Å². The number of rotatable bonds is 29. The third-order valence-electron chi connectivity index (χ3n) is 7.69. The van der Waals surface area contributed by atoms with Crippen LogP contribution in [0.15, 0.2) is 0 Å². The van der Waals surface area contributed by atoms with Gasteiger partial charge in [0.2, 0.25) is 0 Å². The van der Waals surface area contributed by atoms with Gasteiger partial charge < -0.3 is 73.4 Å². The molecule has 0 aliphatic heterocycles. The van der Waals surface area contributed by atoms with Gasteiger partial charge in [0, 0.05) is 95.2 Å². The van der Waals surface area contributed by atoms with E-state index in [1.165, 1.54) is 0 Å². The van der Waals surface area contributed by atoms with Crippen LogP contribution in [-0.2, 0) is 39.8 Å². The topological polar surface area (TPSA) is 211 Å². The largest absolute Gasteiger partial charge is 0.500 e. The molecule has 19 heteroatoms. The van der Waals surface area contributed by atoms with Crippen molar-refractivity contribution in [3.8, 4) is 0 Å². The van der Waals surface area contributed by atoms with E-state index in [1.807, 2.05) is 20.4 Å². The molecule has 0 bridgehead atoms. The van der Waals surface area contributed by atoms with Crippen LogP contribution in [0.25, 0.3) is 0 Å². The van der Waals surface area contributed by atoms with E-state index >= 15 is 0 Å². The Kier molecular flexibility index (Phi) is 43.4. The summed E-state index contributed by atoms with van der Waals surface area (Å²) in [5.74, 6) is 0. The third kappa shape index (κ3) is 33.8. The summed E-state index contributed by atoms with van der Waals surface area (Å²) in [4.78, 5) is 0. The molecule has 15 nitrogen and oxygen atoms in total. The van der Waals surface area contributed by atoms with Crippen LogP contribution in [-0.4, -0.2) is 150 Å². The zero-order valence-electron chi connectivity index (χ0n) is 33.7. The molecule has 0 aliphatic carbocycles. The van der Waals surface area contributed by atoms with Gasteiger partial charge in [-0.15, -0.1) is 0 Å². The Morgan fingerprint density at radius 1 is 0.408 bits per heavy atom. The van der Waals surface area contributed by atoms with Gasteiger partial charge in [0.05, 0.1) is 0 Å². The molecule has 0 spiro atoms. The molecule has 0 rings (SSSR count). The van der Waals surface area contributed by atoms with Crippen LogP contribution < -0.4 is 33.6 Å². The van der Waals surface area contributed by atoms with E-state index in [0.717, 1.165) is 102 Å². The van der Waals surface area contributed by atoms with E-state index in [9.17, 15) is 0 Å². The van der Waals surface area contributed by atoms with Crippen LogP contribution >= 0.6 is 0 Å². The second-order valence-corrected chi connectivity index (χ2v) is 25.1. The van der Waals surface area contributed by atoms with Crippen LogP contribution in [0.1, 0.15) is 39.5 Å². The van der Waals surface area contributed by atoms with Crippen molar-refractivity contribution >= 4 is 34.5 Å². The first-order valence-electron chi connectivity index (χ1n) is 17.6. The Balaban J connectivity index is -0.000000277. The lowest BCUT2D eigenvalue weighted by molar-refractivity contribution is 0.123. The van der Waals surface area contributed by atoms with Crippen LogP contribution in [0.5, 0.6) is 0 Å². The molecule has 0 radical (unpaired) electrons. The van der Waals surface area contributed by atoms with Crippen molar-refractivity contribution in [2.75, 3.05) is 115 Å². The summed E-state index contributed by atoms with van der Waals surface area (Å²) in [6.07, 6.45) is 4.05. The lowest BCUT2D eigenvalue weighted by Gasteiger charge is -2.25. The molecule has 0 amide bonds. The molecule has 0 saturated carbocycles. The third-order valence-corrected chi connectivity index (χ3v) is 19.6. The maximum Gasteiger partial charge on any atom is 0.500 e. The minimum absolute atomic E-state index is 0.668. The fourth-order valence-electron chi connectivity index (χ4n) is 4.19. The number of hydrogen-bond donors (Lipinski definition) is 6. The van der Waals surface area contributed by atoms with E-state index in [-0.39, 0.29) is 0 Å². The van der Waals surface area contributed by atoms with Gasteiger partial charge in [0.25, 0.3) is 0 Å². The second kappa shape index (κ2) is 38.0. The molecule has 0 fully saturated rings. The van der Waals surface area contributed by atoms with Gasteiger partial charge in [-0.25, -0.2) is 0 Å². The van der Waals surface area contributed by atoms with E-state index in [1.54, 1.807) is 49.8 Å². The van der Waals surface area contributed by atoms with E-state index in [2.05, 4.69) is 23.7 Å². The zero-order chi connectivity index (χ0) is 38.5. The Labute approximate surface area is 305 Å². The van der Waals surface area contributed by atoms with E-state index < -0.39 is 34.5 Å². The normalized spacial score (nSPS) is 12.0. The summed E-state index contributed by atoms with van der Waals surface area (Å²) in [5.41, 5.74) is 21.5. The first-order valence-corrected chi connectivity index (χ1v) is 27.2. The molecule has 49 heavy (non-hydrogen) atoms. The van der Waals surface area contributed by atoms with Crippen LogP contribution in [0.3, 0.4) is 0 Å². The smallest absolute Gasteiger partial charge is 0.398 e. The van der Waals surface area contributed by atoms with Crippen molar-refractivity contribution in [2.45, 2.75) is 83.3 Å². The Bertz CT molecular complexity index is 649. The van der Waals surface area contributed by atoms with Crippen molar-refractivity contribution in [3.05, 3.63) is 0 Å². The van der Waals surface area contributed by atoms with Crippen molar-refractivity contribution in [2.24, 2.45) is 22.9 Å². The summed E-state index contributed by atoms with van der Waals surface area (Å²) < 4.78 is 48.3.